The van der Waals surface area contributed by atoms with Crippen molar-refractivity contribution in [3.05, 3.63) is 11.4 Å². The van der Waals surface area contributed by atoms with Gasteiger partial charge in [-0.25, -0.2) is 9.97 Å². The first-order valence-corrected chi connectivity index (χ1v) is 8.60. The Hall–Kier alpha value is -1.32. The Labute approximate surface area is 128 Å². The maximum absolute atomic E-state index is 6.15. The van der Waals surface area contributed by atoms with E-state index in [0.717, 1.165) is 42.5 Å². The standard InChI is InChI=1S/C17H28N4/c1-3-7-15-19-16(18)12(2)17(20-15)21-11-6-9-13-8-4-5-10-14(13)21/h13-14H,3-11H2,1-2H3,(H2,18,19,20)/t13-,14-/m1/s1. The van der Waals surface area contributed by atoms with Gasteiger partial charge in [0.2, 0.25) is 0 Å². The molecule has 0 aromatic carbocycles. The lowest BCUT2D eigenvalue weighted by Crippen LogP contribution is -2.47. The highest BCUT2D eigenvalue weighted by Crippen LogP contribution is 2.38. The van der Waals surface area contributed by atoms with Crippen LogP contribution in [-0.4, -0.2) is 22.6 Å². The Balaban J connectivity index is 1.94. The van der Waals surface area contributed by atoms with Crippen molar-refractivity contribution < 1.29 is 0 Å². The number of hydrogen-bond acceptors (Lipinski definition) is 4. The molecule has 3 rings (SSSR count). The van der Waals surface area contributed by atoms with E-state index in [0.29, 0.717) is 11.9 Å². The Morgan fingerprint density at radius 3 is 2.71 bits per heavy atom. The highest BCUT2D eigenvalue weighted by Gasteiger charge is 2.34. The van der Waals surface area contributed by atoms with Gasteiger partial charge in [0.1, 0.15) is 17.5 Å². The molecule has 1 aromatic heterocycles. The number of anilines is 2. The van der Waals surface area contributed by atoms with Crippen LogP contribution < -0.4 is 10.6 Å². The fraction of sp³-hybridized carbons (Fsp3) is 0.765. The smallest absolute Gasteiger partial charge is 0.137 e. The molecule has 116 valence electrons. The SMILES string of the molecule is CCCc1nc(N)c(C)c(N2CCC[C@H]3CCCC[C@H]32)n1. The minimum atomic E-state index is 0.668. The van der Waals surface area contributed by atoms with Crippen LogP contribution in [0, 0.1) is 12.8 Å². The Morgan fingerprint density at radius 2 is 1.90 bits per heavy atom. The number of nitrogen functional groups attached to an aromatic ring is 1. The Bertz CT molecular complexity index is 498. The van der Waals surface area contributed by atoms with Crippen molar-refractivity contribution in [2.75, 3.05) is 17.2 Å². The van der Waals surface area contributed by atoms with E-state index in [1.165, 1.54) is 38.5 Å². The molecule has 1 aromatic rings. The summed E-state index contributed by atoms with van der Waals surface area (Å²) in [6.45, 7) is 5.37. The first kappa shape index (κ1) is 14.6. The molecule has 4 nitrogen and oxygen atoms in total. The second-order valence-electron chi connectivity index (χ2n) is 6.67. The van der Waals surface area contributed by atoms with Gasteiger partial charge in [0, 0.05) is 24.6 Å². The summed E-state index contributed by atoms with van der Waals surface area (Å²) >= 11 is 0. The van der Waals surface area contributed by atoms with Gasteiger partial charge in [0.25, 0.3) is 0 Å². The molecule has 1 saturated carbocycles. The van der Waals surface area contributed by atoms with E-state index in [-0.39, 0.29) is 0 Å². The third-order valence-electron chi connectivity index (χ3n) is 5.19. The van der Waals surface area contributed by atoms with Crippen molar-refractivity contribution in [3.63, 3.8) is 0 Å². The summed E-state index contributed by atoms with van der Waals surface area (Å²) in [6.07, 6.45) is 10.1. The zero-order valence-electron chi connectivity index (χ0n) is 13.4. The molecule has 2 fully saturated rings. The quantitative estimate of drug-likeness (QED) is 0.925. The predicted octanol–water partition coefficient (Wildman–Crippen LogP) is 3.48. The predicted molar refractivity (Wildman–Crippen MR) is 87.5 cm³/mol. The maximum Gasteiger partial charge on any atom is 0.137 e. The van der Waals surface area contributed by atoms with E-state index < -0.39 is 0 Å². The second kappa shape index (κ2) is 6.20. The minimum absolute atomic E-state index is 0.668. The molecule has 1 aliphatic heterocycles. The van der Waals surface area contributed by atoms with Crippen molar-refractivity contribution in [2.45, 2.75) is 71.3 Å². The zero-order valence-corrected chi connectivity index (χ0v) is 13.4. The molecule has 1 aliphatic carbocycles. The molecule has 0 spiro atoms. The average molecular weight is 288 g/mol. The van der Waals surface area contributed by atoms with Gasteiger partial charge >= 0.3 is 0 Å². The van der Waals surface area contributed by atoms with Crippen molar-refractivity contribution >= 4 is 11.6 Å². The summed E-state index contributed by atoms with van der Waals surface area (Å²) in [5.41, 5.74) is 7.22. The number of nitrogens with two attached hydrogens (primary N) is 1. The van der Waals surface area contributed by atoms with E-state index in [1.807, 2.05) is 0 Å². The summed E-state index contributed by atoms with van der Waals surface area (Å²) in [5, 5.41) is 0. The molecule has 21 heavy (non-hydrogen) atoms. The normalized spacial score (nSPS) is 25.7. The number of fused-ring (bicyclic) bond motifs is 1. The molecule has 2 N–H and O–H groups in total. The van der Waals surface area contributed by atoms with Crippen molar-refractivity contribution in [2.24, 2.45) is 5.92 Å². The van der Waals surface area contributed by atoms with Crippen LogP contribution in [0.15, 0.2) is 0 Å². The highest BCUT2D eigenvalue weighted by atomic mass is 15.2. The third-order valence-corrected chi connectivity index (χ3v) is 5.19. The molecular weight excluding hydrogens is 260 g/mol. The topological polar surface area (TPSA) is 55.0 Å². The summed E-state index contributed by atoms with van der Waals surface area (Å²) < 4.78 is 0. The summed E-state index contributed by atoms with van der Waals surface area (Å²) in [7, 11) is 0. The summed E-state index contributed by atoms with van der Waals surface area (Å²) in [5.74, 6) is 3.55. The van der Waals surface area contributed by atoms with Gasteiger partial charge in [-0.2, -0.15) is 0 Å². The van der Waals surface area contributed by atoms with Crippen LogP contribution in [0.4, 0.5) is 11.6 Å². The van der Waals surface area contributed by atoms with Crippen LogP contribution in [-0.2, 0) is 6.42 Å². The van der Waals surface area contributed by atoms with E-state index >= 15 is 0 Å². The van der Waals surface area contributed by atoms with Gasteiger partial charge in [-0.3, -0.25) is 0 Å². The number of nitrogens with zero attached hydrogens (tertiary/aromatic N) is 3. The van der Waals surface area contributed by atoms with E-state index in [4.69, 9.17) is 10.7 Å². The Morgan fingerprint density at radius 1 is 1.14 bits per heavy atom. The largest absolute Gasteiger partial charge is 0.383 e. The molecule has 0 bridgehead atoms. The van der Waals surface area contributed by atoms with Crippen molar-refractivity contribution in [1.82, 2.24) is 9.97 Å². The number of rotatable bonds is 3. The molecule has 2 heterocycles. The number of aromatic nitrogens is 2. The fourth-order valence-electron chi connectivity index (χ4n) is 4.07. The van der Waals surface area contributed by atoms with Crippen LogP contribution >= 0.6 is 0 Å². The van der Waals surface area contributed by atoms with Gasteiger partial charge in [0.15, 0.2) is 0 Å². The highest BCUT2D eigenvalue weighted by molar-refractivity contribution is 5.57. The lowest BCUT2D eigenvalue weighted by molar-refractivity contribution is 0.242. The Kier molecular flexibility index (Phi) is 4.32. The first-order valence-electron chi connectivity index (χ1n) is 8.60. The van der Waals surface area contributed by atoms with Gasteiger partial charge in [-0.1, -0.05) is 19.8 Å². The second-order valence-corrected chi connectivity index (χ2v) is 6.67. The maximum atomic E-state index is 6.15. The molecule has 2 aliphatic rings. The van der Waals surface area contributed by atoms with Gasteiger partial charge < -0.3 is 10.6 Å². The number of aryl methyl sites for hydroxylation is 1. The van der Waals surface area contributed by atoms with Crippen LogP contribution in [0.2, 0.25) is 0 Å². The lowest BCUT2D eigenvalue weighted by Gasteiger charge is -2.45. The molecule has 1 saturated heterocycles. The third kappa shape index (κ3) is 2.85. The number of piperidine rings is 1. The fourth-order valence-corrected chi connectivity index (χ4v) is 4.07. The van der Waals surface area contributed by atoms with Gasteiger partial charge in [-0.05, 0) is 44.9 Å². The first-order chi connectivity index (χ1) is 10.2. The van der Waals surface area contributed by atoms with E-state index in [2.05, 4.69) is 23.7 Å². The molecule has 0 amide bonds. The molecule has 4 heteroatoms. The van der Waals surface area contributed by atoms with Crippen LogP contribution in [0.25, 0.3) is 0 Å². The number of hydrogen-bond donors (Lipinski definition) is 1. The van der Waals surface area contributed by atoms with Crippen molar-refractivity contribution in [3.8, 4) is 0 Å². The molecule has 2 atom stereocenters. The minimum Gasteiger partial charge on any atom is -0.383 e. The lowest BCUT2D eigenvalue weighted by atomic mass is 9.78. The van der Waals surface area contributed by atoms with Crippen LogP contribution in [0.1, 0.15) is 63.3 Å². The van der Waals surface area contributed by atoms with Crippen LogP contribution in [0.3, 0.4) is 0 Å². The molecular formula is C17H28N4. The van der Waals surface area contributed by atoms with Gasteiger partial charge in [-0.15, -0.1) is 0 Å². The van der Waals surface area contributed by atoms with E-state index in [1.54, 1.807) is 0 Å². The molecule has 0 unspecified atom stereocenters. The summed E-state index contributed by atoms with van der Waals surface area (Å²) in [4.78, 5) is 11.9. The van der Waals surface area contributed by atoms with Crippen LogP contribution in [0.5, 0.6) is 0 Å². The van der Waals surface area contributed by atoms with E-state index in [9.17, 15) is 0 Å². The summed E-state index contributed by atoms with van der Waals surface area (Å²) in [6, 6.07) is 0.676. The average Bonchev–Trinajstić information content (AvgIpc) is 2.50. The molecule has 0 radical (unpaired) electrons. The zero-order chi connectivity index (χ0) is 14.8. The van der Waals surface area contributed by atoms with Crippen molar-refractivity contribution in [1.29, 1.82) is 0 Å². The monoisotopic (exact) mass is 288 g/mol. The van der Waals surface area contributed by atoms with Gasteiger partial charge in [0.05, 0.1) is 0 Å².